The van der Waals surface area contributed by atoms with E-state index in [1.54, 1.807) is 27.0 Å². The summed E-state index contributed by atoms with van der Waals surface area (Å²) in [5.41, 5.74) is 6.76. The van der Waals surface area contributed by atoms with Gasteiger partial charge in [-0.15, -0.1) is 0 Å². The monoisotopic (exact) mass is 688 g/mol. The molecular weight excluding hydrogens is 640 g/mol. The first kappa shape index (κ1) is 38.3. The second-order valence-corrected chi connectivity index (χ2v) is 14.1. The molecule has 48 heavy (non-hydrogen) atoms. The molecule has 1 aromatic heterocycles. The van der Waals surface area contributed by atoms with Gasteiger partial charge in [0.15, 0.2) is 0 Å². The third kappa shape index (κ3) is 12.2. The molecule has 0 aliphatic heterocycles. The molecular formula is C33H48N6O8S. The first-order valence-electron chi connectivity index (χ1n) is 16.1. The minimum absolute atomic E-state index is 0.0548. The smallest absolute Gasteiger partial charge is 0.408 e. The van der Waals surface area contributed by atoms with E-state index in [2.05, 4.69) is 26.3 Å². The number of thioether (sulfide) groups is 1. The molecule has 14 nitrogen and oxygen atoms in total. The predicted molar refractivity (Wildman–Crippen MR) is 182 cm³/mol. The third-order valence-electron chi connectivity index (χ3n) is 8.01. The van der Waals surface area contributed by atoms with Crippen LogP contribution >= 0.6 is 11.8 Å². The maximum absolute atomic E-state index is 13.7. The van der Waals surface area contributed by atoms with Crippen molar-refractivity contribution in [3.63, 3.8) is 0 Å². The molecule has 1 aliphatic carbocycles. The number of nitrogens with one attached hydrogen (secondary N) is 5. The van der Waals surface area contributed by atoms with Crippen LogP contribution in [0.4, 0.5) is 4.79 Å². The van der Waals surface area contributed by atoms with Crippen molar-refractivity contribution >= 4 is 58.4 Å². The molecule has 1 aliphatic rings. The van der Waals surface area contributed by atoms with Gasteiger partial charge in [-0.1, -0.05) is 43.9 Å². The number of para-hydroxylation sites is 1. The van der Waals surface area contributed by atoms with Crippen molar-refractivity contribution in [2.75, 3.05) is 12.0 Å². The quantitative estimate of drug-likeness (QED) is 0.136. The maximum Gasteiger partial charge on any atom is 0.408 e. The number of H-pyrrole nitrogens is 1. The highest BCUT2D eigenvalue weighted by molar-refractivity contribution is 7.98. The lowest BCUT2D eigenvalue weighted by Gasteiger charge is -2.26. The Morgan fingerprint density at radius 1 is 0.958 bits per heavy atom. The van der Waals surface area contributed by atoms with Crippen molar-refractivity contribution in [3.8, 4) is 0 Å². The number of amides is 5. The molecule has 0 saturated heterocycles. The molecule has 2 aromatic rings. The number of carbonyl (C=O) groups excluding carboxylic acids is 5. The van der Waals surface area contributed by atoms with Gasteiger partial charge in [-0.25, -0.2) is 4.79 Å². The molecule has 0 spiro atoms. The van der Waals surface area contributed by atoms with Gasteiger partial charge in [0.2, 0.25) is 23.6 Å². The summed E-state index contributed by atoms with van der Waals surface area (Å²) < 4.78 is 5.39. The standard InChI is InChI=1S/C33H48N6O8S/c1-33(2,3)47-32(46)38-25(16-20-18-35-23-12-8-7-11-21(20)23)30(44)36-24(13-14-48-4)29(43)37-26(17-27(40)41)31(45)39-28(42)22(34)15-19-9-5-6-10-19/h7-8,11-12,18-19,22,24-26,35H,5-6,9-10,13-17,34H2,1-4H3,(H,36,44)(H,37,43)(H,38,46)(H,40,41)(H,39,42,45)/t22?,24-,25-,26-/m0/s1. The molecule has 8 N–H and O–H groups in total. The van der Waals surface area contributed by atoms with Gasteiger partial charge in [0.1, 0.15) is 23.7 Å². The number of aromatic amines is 1. The maximum atomic E-state index is 13.7. The highest BCUT2D eigenvalue weighted by atomic mass is 32.2. The zero-order valence-electron chi connectivity index (χ0n) is 27.9. The fourth-order valence-corrected chi connectivity index (χ4v) is 6.10. The van der Waals surface area contributed by atoms with E-state index in [4.69, 9.17) is 10.5 Å². The van der Waals surface area contributed by atoms with Gasteiger partial charge >= 0.3 is 12.1 Å². The molecule has 1 unspecified atom stereocenters. The number of nitrogens with two attached hydrogens (primary N) is 1. The number of carboxylic acid groups (broad SMARTS) is 1. The number of imide groups is 1. The molecule has 1 fully saturated rings. The van der Waals surface area contributed by atoms with Crippen LogP contribution in [0, 0.1) is 5.92 Å². The number of aliphatic carboxylic acids is 1. The largest absolute Gasteiger partial charge is 0.481 e. The Morgan fingerprint density at radius 2 is 1.60 bits per heavy atom. The Morgan fingerprint density at radius 3 is 2.25 bits per heavy atom. The zero-order chi connectivity index (χ0) is 35.4. The summed E-state index contributed by atoms with van der Waals surface area (Å²) >= 11 is 1.41. The number of carboxylic acids is 1. The van der Waals surface area contributed by atoms with Gasteiger partial charge < -0.3 is 36.5 Å². The predicted octanol–water partition coefficient (Wildman–Crippen LogP) is 2.35. The third-order valence-corrected chi connectivity index (χ3v) is 8.65. The minimum atomic E-state index is -1.62. The van der Waals surface area contributed by atoms with Crippen molar-refractivity contribution < 1.29 is 38.6 Å². The molecule has 3 rings (SSSR count). The summed E-state index contributed by atoms with van der Waals surface area (Å²) in [4.78, 5) is 80.5. The number of hydrogen-bond acceptors (Lipinski definition) is 9. The molecule has 1 heterocycles. The van der Waals surface area contributed by atoms with Gasteiger partial charge in [-0.3, -0.25) is 29.3 Å². The number of hydrogen-bond donors (Lipinski definition) is 7. The van der Waals surface area contributed by atoms with Gasteiger partial charge in [0.25, 0.3) is 0 Å². The number of carbonyl (C=O) groups is 6. The molecule has 264 valence electrons. The number of ether oxygens (including phenoxy) is 1. The van der Waals surface area contributed by atoms with Crippen molar-refractivity contribution in [1.82, 2.24) is 26.3 Å². The van der Waals surface area contributed by atoms with Crippen LogP contribution in [0.1, 0.15) is 71.3 Å². The van der Waals surface area contributed by atoms with Crippen LogP contribution < -0.4 is 27.0 Å². The van der Waals surface area contributed by atoms with Gasteiger partial charge in [-0.05, 0) is 63.2 Å². The summed E-state index contributed by atoms with van der Waals surface area (Å²) in [6.07, 6.45) is 6.48. The summed E-state index contributed by atoms with van der Waals surface area (Å²) in [5, 5.41) is 20.1. The summed E-state index contributed by atoms with van der Waals surface area (Å²) in [7, 11) is 0. The number of fused-ring (bicyclic) bond motifs is 1. The number of alkyl carbamates (subject to hydrolysis) is 1. The van der Waals surface area contributed by atoms with E-state index in [0.717, 1.165) is 42.1 Å². The lowest BCUT2D eigenvalue weighted by molar-refractivity contribution is -0.142. The van der Waals surface area contributed by atoms with Crippen molar-refractivity contribution in [3.05, 3.63) is 36.0 Å². The van der Waals surface area contributed by atoms with Crippen LogP contribution in [0.5, 0.6) is 0 Å². The number of benzene rings is 1. The number of aromatic nitrogens is 1. The van der Waals surface area contributed by atoms with Crippen molar-refractivity contribution in [1.29, 1.82) is 0 Å². The normalized spacial score (nSPS) is 15.9. The van der Waals surface area contributed by atoms with E-state index in [-0.39, 0.29) is 18.8 Å². The molecule has 15 heteroatoms. The molecule has 1 aromatic carbocycles. The first-order chi connectivity index (χ1) is 22.7. The van der Waals surface area contributed by atoms with E-state index >= 15 is 0 Å². The zero-order valence-corrected chi connectivity index (χ0v) is 28.7. The second-order valence-electron chi connectivity index (χ2n) is 13.1. The molecule has 0 bridgehead atoms. The van der Waals surface area contributed by atoms with E-state index < -0.39 is 71.9 Å². The van der Waals surface area contributed by atoms with E-state index in [9.17, 15) is 33.9 Å². The number of rotatable bonds is 16. The lowest BCUT2D eigenvalue weighted by Crippen LogP contribution is -2.58. The molecule has 1 saturated carbocycles. The van der Waals surface area contributed by atoms with E-state index in [1.165, 1.54) is 11.8 Å². The molecule has 4 atom stereocenters. The molecule has 5 amide bonds. The average Bonchev–Trinajstić information content (AvgIpc) is 3.67. The van der Waals surface area contributed by atoms with E-state index in [1.807, 2.05) is 30.5 Å². The fraction of sp³-hybridized carbons (Fsp3) is 0.576. The van der Waals surface area contributed by atoms with Crippen molar-refractivity contribution in [2.45, 2.75) is 102 Å². The van der Waals surface area contributed by atoms with Crippen LogP contribution in [0.3, 0.4) is 0 Å². The topological polar surface area (TPSA) is 222 Å². The molecule has 0 radical (unpaired) electrons. The Kier molecular flexibility index (Phi) is 14.3. The van der Waals surface area contributed by atoms with Crippen LogP contribution in [-0.4, -0.2) is 87.6 Å². The van der Waals surface area contributed by atoms with Crippen LogP contribution in [0.25, 0.3) is 10.9 Å². The van der Waals surface area contributed by atoms with Gasteiger partial charge in [-0.2, -0.15) is 11.8 Å². The summed E-state index contributed by atoms with van der Waals surface area (Å²) in [5.74, 6) is -3.98. The fourth-order valence-electron chi connectivity index (χ4n) is 5.63. The van der Waals surface area contributed by atoms with Gasteiger partial charge in [0, 0.05) is 23.5 Å². The van der Waals surface area contributed by atoms with Gasteiger partial charge in [0.05, 0.1) is 12.5 Å². The Balaban J connectivity index is 1.76. The summed E-state index contributed by atoms with van der Waals surface area (Å²) in [6, 6.07) is 2.50. The lowest BCUT2D eigenvalue weighted by atomic mass is 9.98. The highest BCUT2D eigenvalue weighted by Crippen LogP contribution is 2.28. The van der Waals surface area contributed by atoms with Crippen LogP contribution in [0.2, 0.25) is 0 Å². The average molecular weight is 689 g/mol. The Hall–Kier alpha value is -4.11. The van der Waals surface area contributed by atoms with E-state index in [0.29, 0.717) is 12.2 Å². The SMILES string of the molecule is CSCC[C@H](NC(=O)[C@H](Cc1c[nH]c2ccccc12)NC(=O)OC(C)(C)C)C(=O)N[C@@H](CC(=O)O)C(=O)NC(=O)C(N)CC1CCCC1. The Bertz CT molecular complexity index is 1450. The summed E-state index contributed by atoms with van der Waals surface area (Å²) in [6.45, 7) is 5.06. The first-order valence-corrected chi connectivity index (χ1v) is 17.5. The second kappa shape index (κ2) is 17.9. The minimum Gasteiger partial charge on any atom is -0.481 e. The Labute approximate surface area is 284 Å². The van der Waals surface area contributed by atoms with Crippen LogP contribution in [-0.2, 0) is 35.1 Å². The van der Waals surface area contributed by atoms with Crippen LogP contribution in [0.15, 0.2) is 30.5 Å². The highest BCUT2D eigenvalue weighted by Gasteiger charge is 2.33. The van der Waals surface area contributed by atoms with Crippen molar-refractivity contribution in [2.24, 2.45) is 11.7 Å².